The predicted octanol–water partition coefficient (Wildman–Crippen LogP) is 4.79. The average molecular weight is 413 g/mol. The van der Waals surface area contributed by atoms with E-state index in [0.717, 1.165) is 22.2 Å². The maximum absolute atomic E-state index is 12.2. The van der Waals surface area contributed by atoms with Gasteiger partial charge in [-0.3, -0.25) is 10.1 Å². The van der Waals surface area contributed by atoms with Crippen molar-refractivity contribution in [1.82, 2.24) is 20.0 Å². The van der Waals surface area contributed by atoms with Gasteiger partial charge in [0.2, 0.25) is 11.0 Å². The van der Waals surface area contributed by atoms with Crippen LogP contribution in [0.1, 0.15) is 5.56 Å². The van der Waals surface area contributed by atoms with Crippen LogP contribution in [0.3, 0.4) is 0 Å². The largest absolute Gasteiger partial charge is 0.454 e. The van der Waals surface area contributed by atoms with Gasteiger partial charge in [0.25, 0.3) is 0 Å². The summed E-state index contributed by atoms with van der Waals surface area (Å²) in [6, 6.07) is 19.5. The van der Waals surface area contributed by atoms with Gasteiger partial charge >= 0.3 is 0 Å². The lowest BCUT2D eigenvalue weighted by molar-refractivity contribution is -0.111. The Bertz CT molecular complexity index is 1300. The van der Waals surface area contributed by atoms with E-state index in [-0.39, 0.29) is 5.91 Å². The van der Waals surface area contributed by atoms with Crippen molar-refractivity contribution in [3.63, 3.8) is 0 Å². The second-order valence-corrected chi connectivity index (χ2v) is 7.26. The summed E-state index contributed by atoms with van der Waals surface area (Å²) in [5.41, 5.74) is 4.65. The maximum Gasteiger partial charge on any atom is 0.250 e. The highest BCUT2D eigenvalue weighted by atomic mass is 32.1. The smallest absolute Gasteiger partial charge is 0.250 e. The summed E-state index contributed by atoms with van der Waals surface area (Å²) in [4.78, 5) is 12.2. The van der Waals surface area contributed by atoms with E-state index in [9.17, 15) is 4.79 Å². The van der Waals surface area contributed by atoms with Crippen molar-refractivity contribution in [2.24, 2.45) is 0 Å². The fourth-order valence-corrected chi connectivity index (χ4v) is 3.50. The van der Waals surface area contributed by atoms with Crippen molar-refractivity contribution in [3.8, 4) is 17.1 Å². The van der Waals surface area contributed by atoms with Crippen molar-refractivity contribution in [2.75, 3.05) is 5.32 Å². The monoisotopic (exact) mass is 413 g/mol. The molecular formula is C22H15N5O2S. The lowest BCUT2D eigenvalue weighted by Gasteiger charge is -1.98. The molecule has 0 bridgehead atoms. The van der Waals surface area contributed by atoms with Crippen molar-refractivity contribution >= 4 is 39.4 Å². The van der Waals surface area contributed by atoms with Gasteiger partial charge in [-0.1, -0.05) is 47.7 Å². The molecule has 0 spiro atoms. The van der Waals surface area contributed by atoms with Gasteiger partial charge in [-0.25, -0.2) is 4.68 Å². The molecule has 0 aliphatic heterocycles. The van der Waals surface area contributed by atoms with Gasteiger partial charge in [-0.05, 0) is 30.3 Å². The van der Waals surface area contributed by atoms with E-state index in [1.54, 1.807) is 16.3 Å². The summed E-state index contributed by atoms with van der Waals surface area (Å²) in [7, 11) is 0. The van der Waals surface area contributed by atoms with Gasteiger partial charge < -0.3 is 4.42 Å². The molecule has 3 heterocycles. The standard InChI is InChI=1S/C22H15N5O2S/c28-20(24-22-25-23-14-30-22)11-10-16-13-27(17-7-2-1-3-8-17)26-21(16)19-12-15-6-4-5-9-18(15)29-19/h1-14H,(H,24,25,28)/b11-10+. The third kappa shape index (κ3) is 3.63. The minimum absolute atomic E-state index is 0.297. The molecular weight excluding hydrogens is 398 g/mol. The Morgan fingerprint density at radius 2 is 1.93 bits per heavy atom. The van der Waals surface area contributed by atoms with Crippen LogP contribution in [0.5, 0.6) is 0 Å². The first-order valence-electron chi connectivity index (χ1n) is 9.15. The molecule has 0 saturated heterocycles. The Morgan fingerprint density at radius 1 is 1.10 bits per heavy atom. The highest BCUT2D eigenvalue weighted by molar-refractivity contribution is 7.13. The van der Waals surface area contributed by atoms with Crippen LogP contribution in [0.4, 0.5) is 5.13 Å². The number of carbonyl (C=O) groups is 1. The van der Waals surface area contributed by atoms with Gasteiger partial charge in [0.15, 0.2) is 5.76 Å². The van der Waals surface area contributed by atoms with Crippen LogP contribution < -0.4 is 5.32 Å². The lowest BCUT2D eigenvalue weighted by Crippen LogP contribution is -2.07. The van der Waals surface area contributed by atoms with Gasteiger partial charge in [0.1, 0.15) is 16.8 Å². The molecule has 1 N–H and O–H groups in total. The van der Waals surface area contributed by atoms with Crippen LogP contribution in [0.15, 0.2) is 82.9 Å². The Kier molecular flexibility index (Phi) is 4.66. The highest BCUT2D eigenvalue weighted by Crippen LogP contribution is 2.30. The first kappa shape index (κ1) is 18.0. The molecule has 1 amide bonds. The molecule has 3 aromatic heterocycles. The van der Waals surface area contributed by atoms with E-state index >= 15 is 0 Å². The Hall–Kier alpha value is -4.04. The van der Waals surface area contributed by atoms with E-state index < -0.39 is 0 Å². The first-order valence-corrected chi connectivity index (χ1v) is 10.0. The number of benzene rings is 2. The molecule has 0 fully saturated rings. The van der Waals surface area contributed by atoms with Crippen LogP contribution >= 0.6 is 11.3 Å². The summed E-state index contributed by atoms with van der Waals surface area (Å²) in [6.45, 7) is 0. The lowest BCUT2D eigenvalue weighted by atomic mass is 10.2. The second-order valence-electron chi connectivity index (χ2n) is 6.43. The third-order valence-electron chi connectivity index (χ3n) is 4.43. The molecule has 8 heteroatoms. The Morgan fingerprint density at radius 3 is 2.73 bits per heavy atom. The Labute approximate surface area is 175 Å². The first-order chi connectivity index (χ1) is 14.8. The van der Waals surface area contributed by atoms with E-state index in [0.29, 0.717) is 16.6 Å². The zero-order valence-corrected chi connectivity index (χ0v) is 16.4. The van der Waals surface area contributed by atoms with Gasteiger partial charge in [0.05, 0.1) is 5.69 Å². The number of aromatic nitrogens is 4. The quantitative estimate of drug-likeness (QED) is 0.419. The number of anilines is 1. The number of hydrogen-bond donors (Lipinski definition) is 1. The highest BCUT2D eigenvalue weighted by Gasteiger charge is 2.15. The van der Waals surface area contributed by atoms with Gasteiger partial charge in [-0.2, -0.15) is 5.10 Å². The number of hydrogen-bond acceptors (Lipinski definition) is 6. The average Bonchev–Trinajstić information content (AvgIpc) is 3.52. The third-order valence-corrected chi connectivity index (χ3v) is 5.03. The summed E-state index contributed by atoms with van der Waals surface area (Å²) in [5, 5.41) is 16.4. The SMILES string of the molecule is O=C(/C=C/c1cn(-c2ccccc2)nc1-c1cc2ccccc2o1)Nc1nncs1. The number of para-hydroxylation sites is 2. The number of carbonyl (C=O) groups excluding carboxylic acids is 1. The molecule has 2 aromatic carbocycles. The topological polar surface area (TPSA) is 85.8 Å². The minimum Gasteiger partial charge on any atom is -0.454 e. The molecule has 30 heavy (non-hydrogen) atoms. The molecule has 5 rings (SSSR count). The van der Waals surface area contributed by atoms with Crippen LogP contribution in [0.25, 0.3) is 34.2 Å². The van der Waals surface area contributed by atoms with Crippen molar-refractivity contribution in [3.05, 3.63) is 84.0 Å². The summed E-state index contributed by atoms with van der Waals surface area (Å²) in [6.07, 6.45) is 5.03. The summed E-state index contributed by atoms with van der Waals surface area (Å²) in [5.74, 6) is 0.338. The maximum atomic E-state index is 12.2. The summed E-state index contributed by atoms with van der Waals surface area (Å²) < 4.78 is 7.78. The van der Waals surface area contributed by atoms with Gasteiger partial charge in [-0.15, -0.1) is 10.2 Å². The molecule has 0 saturated carbocycles. The van der Waals surface area contributed by atoms with Crippen LogP contribution in [0, 0.1) is 0 Å². The van der Waals surface area contributed by atoms with Crippen molar-refractivity contribution < 1.29 is 9.21 Å². The number of amides is 1. The zero-order chi connectivity index (χ0) is 20.3. The number of nitrogens with one attached hydrogen (secondary N) is 1. The number of furan rings is 1. The normalized spacial score (nSPS) is 11.3. The van der Waals surface area contributed by atoms with Crippen LogP contribution in [0.2, 0.25) is 0 Å². The molecule has 0 unspecified atom stereocenters. The van der Waals surface area contributed by atoms with E-state index in [4.69, 9.17) is 9.52 Å². The minimum atomic E-state index is -0.297. The zero-order valence-electron chi connectivity index (χ0n) is 15.6. The molecule has 146 valence electrons. The molecule has 0 atom stereocenters. The molecule has 7 nitrogen and oxygen atoms in total. The molecule has 0 aliphatic carbocycles. The molecule has 0 aliphatic rings. The van der Waals surface area contributed by atoms with Crippen molar-refractivity contribution in [1.29, 1.82) is 0 Å². The van der Waals surface area contributed by atoms with Crippen LogP contribution in [-0.4, -0.2) is 25.9 Å². The summed E-state index contributed by atoms with van der Waals surface area (Å²) >= 11 is 1.26. The van der Waals surface area contributed by atoms with Crippen molar-refractivity contribution in [2.45, 2.75) is 0 Å². The fraction of sp³-hybridized carbons (Fsp3) is 0. The number of nitrogens with zero attached hydrogens (tertiary/aromatic N) is 4. The Balaban J connectivity index is 1.53. The molecule has 0 radical (unpaired) electrons. The predicted molar refractivity (Wildman–Crippen MR) is 116 cm³/mol. The van der Waals surface area contributed by atoms with E-state index in [1.807, 2.05) is 66.9 Å². The fourth-order valence-electron chi connectivity index (χ4n) is 3.05. The van der Waals surface area contributed by atoms with E-state index in [1.165, 1.54) is 17.4 Å². The second kappa shape index (κ2) is 7.76. The molecule has 5 aromatic rings. The number of fused-ring (bicyclic) bond motifs is 1. The van der Waals surface area contributed by atoms with Gasteiger partial charge in [0, 0.05) is 23.2 Å². The van der Waals surface area contributed by atoms with Crippen LogP contribution in [-0.2, 0) is 4.79 Å². The number of rotatable bonds is 5. The van der Waals surface area contributed by atoms with E-state index in [2.05, 4.69) is 15.5 Å².